The highest BCUT2D eigenvalue weighted by molar-refractivity contribution is 5.83. The van der Waals surface area contributed by atoms with Crippen LogP contribution in [0.1, 0.15) is 26.3 Å². The molecule has 2 aromatic heterocycles. The van der Waals surface area contributed by atoms with Gasteiger partial charge in [0.25, 0.3) is 0 Å². The van der Waals surface area contributed by atoms with Gasteiger partial charge in [-0.2, -0.15) is 4.98 Å². The van der Waals surface area contributed by atoms with E-state index < -0.39 is 0 Å². The number of hydrogen-bond acceptors (Lipinski definition) is 4. The molecule has 0 fully saturated rings. The first-order chi connectivity index (χ1) is 9.55. The fourth-order valence-electron chi connectivity index (χ4n) is 2.11. The van der Waals surface area contributed by atoms with Gasteiger partial charge in [0.15, 0.2) is 5.65 Å². The van der Waals surface area contributed by atoms with Crippen LogP contribution in [0.25, 0.3) is 5.65 Å². The lowest BCUT2D eigenvalue weighted by molar-refractivity contribution is -0.131. The van der Waals surface area contributed by atoms with Crippen molar-refractivity contribution in [1.82, 2.24) is 19.5 Å². The number of carbonyl (C=O) groups excluding carboxylic acids is 1. The van der Waals surface area contributed by atoms with E-state index in [1.165, 1.54) is 0 Å². The highest BCUT2D eigenvalue weighted by Gasteiger charge is 2.19. The Morgan fingerprint density at radius 1 is 1.40 bits per heavy atom. The minimum Gasteiger partial charge on any atom is -0.341 e. The van der Waals surface area contributed by atoms with Crippen molar-refractivity contribution < 1.29 is 4.79 Å². The smallest absolute Gasteiger partial charge is 0.244 e. The van der Waals surface area contributed by atoms with Crippen LogP contribution in [0.4, 0.5) is 5.95 Å². The summed E-state index contributed by atoms with van der Waals surface area (Å²) in [5.41, 5.74) is 1.88. The molecule has 6 heteroatoms. The molecule has 1 amide bonds. The van der Waals surface area contributed by atoms with Crippen LogP contribution in [0.3, 0.4) is 0 Å². The van der Waals surface area contributed by atoms with Gasteiger partial charge in [-0.15, -0.1) is 5.10 Å². The summed E-state index contributed by atoms with van der Waals surface area (Å²) in [4.78, 5) is 18.3. The van der Waals surface area contributed by atoms with Crippen molar-refractivity contribution in [3.8, 4) is 0 Å². The van der Waals surface area contributed by atoms with E-state index in [-0.39, 0.29) is 11.9 Å². The number of anilines is 1. The number of nitrogens with zero attached hydrogens (tertiary/aromatic N) is 4. The van der Waals surface area contributed by atoms with Gasteiger partial charge in [-0.1, -0.05) is 6.07 Å². The molecule has 0 radical (unpaired) electrons. The molecule has 0 aliphatic heterocycles. The number of amides is 1. The predicted octanol–water partition coefficient (Wildman–Crippen LogP) is 1.71. The Hall–Kier alpha value is -2.11. The molecule has 6 nitrogen and oxygen atoms in total. The Balaban J connectivity index is 2.13. The topological polar surface area (TPSA) is 62.5 Å². The molecule has 0 spiro atoms. The first kappa shape index (κ1) is 14.3. The van der Waals surface area contributed by atoms with E-state index in [2.05, 4.69) is 15.4 Å². The Labute approximate surface area is 118 Å². The molecule has 2 aromatic rings. The van der Waals surface area contributed by atoms with Crippen LogP contribution in [0.15, 0.2) is 18.3 Å². The molecule has 0 aromatic carbocycles. The lowest BCUT2D eigenvalue weighted by atomic mass is 10.3. The van der Waals surface area contributed by atoms with E-state index in [4.69, 9.17) is 0 Å². The molecular weight excluding hydrogens is 254 g/mol. The largest absolute Gasteiger partial charge is 0.341 e. The summed E-state index contributed by atoms with van der Waals surface area (Å²) in [7, 11) is 0. The van der Waals surface area contributed by atoms with Crippen LogP contribution in [0.5, 0.6) is 0 Å². The second-order valence-electron chi connectivity index (χ2n) is 4.82. The molecule has 0 bridgehead atoms. The third kappa shape index (κ3) is 2.89. The van der Waals surface area contributed by atoms with Crippen molar-refractivity contribution >= 4 is 17.5 Å². The number of aryl methyl sites for hydroxylation is 1. The normalized spacial score (nSPS) is 12.4. The number of likely N-dealkylation sites (N-methyl/N-ethyl adjacent to an activating group) is 1. The van der Waals surface area contributed by atoms with Crippen LogP contribution < -0.4 is 5.32 Å². The van der Waals surface area contributed by atoms with E-state index in [1.54, 1.807) is 9.42 Å². The van der Waals surface area contributed by atoms with Crippen molar-refractivity contribution in [2.75, 3.05) is 18.4 Å². The zero-order valence-corrected chi connectivity index (χ0v) is 12.4. The molecule has 1 atom stereocenters. The summed E-state index contributed by atoms with van der Waals surface area (Å²) < 4.78 is 1.71. The molecule has 2 rings (SSSR count). The van der Waals surface area contributed by atoms with Crippen molar-refractivity contribution in [1.29, 1.82) is 0 Å². The van der Waals surface area contributed by atoms with Crippen LogP contribution in [0.2, 0.25) is 0 Å². The van der Waals surface area contributed by atoms with E-state index >= 15 is 0 Å². The molecule has 0 saturated heterocycles. The van der Waals surface area contributed by atoms with E-state index in [0.29, 0.717) is 19.0 Å². The standard InChI is InChI=1S/C14H21N5O/c1-5-18(6-2)13(20)11(4)15-14-16-12-8-7-10(3)9-19(12)17-14/h7-9,11H,5-6H2,1-4H3,(H,15,17). The first-order valence-electron chi connectivity index (χ1n) is 6.93. The van der Waals surface area contributed by atoms with Gasteiger partial charge in [0.1, 0.15) is 6.04 Å². The number of aromatic nitrogens is 3. The summed E-state index contributed by atoms with van der Waals surface area (Å²) in [6, 6.07) is 3.55. The van der Waals surface area contributed by atoms with Crippen LogP contribution >= 0.6 is 0 Å². The predicted molar refractivity (Wildman–Crippen MR) is 78.7 cm³/mol. The maximum absolute atomic E-state index is 12.2. The third-order valence-electron chi connectivity index (χ3n) is 3.27. The van der Waals surface area contributed by atoms with Crippen molar-refractivity contribution in [3.05, 3.63) is 23.9 Å². The molecule has 0 saturated carbocycles. The second kappa shape index (κ2) is 5.90. The van der Waals surface area contributed by atoms with Crippen molar-refractivity contribution in [2.24, 2.45) is 0 Å². The maximum Gasteiger partial charge on any atom is 0.244 e. The van der Waals surface area contributed by atoms with Gasteiger partial charge in [0.2, 0.25) is 11.9 Å². The summed E-state index contributed by atoms with van der Waals surface area (Å²) in [6.07, 6.45) is 1.91. The molecule has 1 N–H and O–H groups in total. The second-order valence-corrected chi connectivity index (χ2v) is 4.82. The molecule has 0 aliphatic rings. The van der Waals surface area contributed by atoms with Gasteiger partial charge in [-0.3, -0.25) is 4.79 Å². The summed E-state index contributed by atoms with van der Waals surface area (Å²) in [5, 5.41) is 7.40. The third-order valence-corrected chi connectivity index (χ3v) is 3.27. The zero-order chi connectivity index (χ0) is 14.7. The quantitative estimate of drug-likeness (QED) is 0.902. The fourth-order valence-corrected chi connectivity index (χ4v) is 2.11. The zero-order valence-electron chi connectivity index (χ0n) is 12.4. The van der Waals surface area contributed by atoms with Gasteiger partial charge in [0.05, 0.1) is 0 Å². The number of fused-ring (bicyclic) bond motifs is 1. The highest BCUT2D eigenvalue weighted by Crippen LogP contribution is 2.09. The fraction of sp³-hybridized carbons (Fsp3) is 0.500. The Morgan fingerprint density at radius 2 is 2.10 bits per heavy atom. The van der Waals surface area contributed by atoms with Gasteiger partial charge < -0.3 is 10.2 Å². The lowest BCUT2D eigenvalue weighted by Crippen LogP contribution is -2.41. The summed E-state index contributed by atoms with van der Waals surface area (Å²) >= 11 is 0. The highest BCUT2D eigenvalue weighted by atomic mass is 16.2. The first-order valence-corrected chi connectivity index (χ1v) is 6.93. The Morgan fingerprint density at radius 3 is 2.75 bits per heavy atom. The maximum atomic E-state index is 12.2. The van der Waals surface area contributed by atoms with Gasteiger partial charge in [-0.25, -0.2) is 4.52 Å². The van der Waals surface area contributed by atoms with Crippen LogP contribution in [0, 0.1) is 6.92 Å². The van der Waals surface area contributed by atoms with E-state index in [9.17, 15) is 4.79 Å². The molecule has 2 heterocycles. The number of carbonyl (C=O) groups is 1. The van der Waals surface area contributed by atoms with Crippen molar-refractivity contribution in [3.63, 3.8) is 0 Å². The van der Waals surface area contributed by atoms with Gasteiger partial charge in [0, 0.05) is 19.3 Å². The molecule has 0 aliphatic carbocycles. The Kier molecular flexibility index (Phi) is 4.22. The van der Waals surface area contributed by atoms with Crippen LogP contribution in [-0.2, 0) is 4.79 Å². The van der Waals surface area contributed by atoms with Crippen molar-refractivity contribution in [2.45, 2.75) is 33.7 Å². The number of pyridine rings is 1. The summed E-state index contributed by atoms with van der Waals surface area (Å²) in [5.74, 6) is 0.536. The number of nitrogens with one attached hydrogen (secondary N) is 1. The van der Waals surface area contributed by atoms with E-state index in [0.717, 1.165) is 11.2 Å². The monoisotopic (exact) mass is 275 g/mol. The number of rotatable bonds is 5. The molecule has 20 heavy (non-hydrogen) atoms. The lowest BCUT2D eigenvalue weighted by Gasteiger charge is -2.22. The SMILES string of the molecule is CCN(CC)C(=O)C(C)Nc1nc2ccc(C)cn2n1. The molecule has 108 valence electrons. The van der Waals surface area contributed by atoms with E-state index in [1.807, 2.05) is 46.0 Å². The van der Waals surface area contributed by atoms with Gasteiger partial charge in [-0.05, 0) is 39.3 Å². The van der Waals surface area contributed by atoms with Crippen LogP contribution in [-0.4, -0.2) is 44.5 Å². The average Bonchev–Trinajstić information content (AvgIpc) is 2.81. The van der Waals surface area contributed by atoms with Gasteiger partial charge >= 0.3 is 0 Å². The minimum absolute atomic E-state index is 0.0602. The average molecular weight is 275 g/mol. The number of hydrogen-bond donors (Lipinski definition) is 1. The summed E-state index contributed by atoms with van der Waals surface area (Å²) in [6.45, 7) is 9.19. The Bertz CT molecular complexity index is 603. The minimum atomic E-state index is -0.339. The molecule has 1 unspecified atom stereocenters. The molecular formula is C14H21N5O.